The molecule has 2 aromatic heterocycles. The summed E-state index contributed by atoms with van der Waals surface area (Å²) in [5.74, 6) is 1.04. The van der Waals surface area contributed by atoms with Crippen molar-refractivity contribution in [3.05, 3.63) is 47.1 Å². The highest BCUT2D eigenvalue weighted by molar-refractivity contribution is 5.78. The first-order chi connectivity index (χ1) is 14.1. The standard InChI is InChI=1S/C21H25N5O3/c1-14-5-3-4-6-18(14)24-19(27)12-25-13-22-20-17(21(25)28)11-23-26(20)15-7-9-16(29-2)10-8-15/h7-11,13-14,18H,3-6,12H2,1-2H3,(H,24,27)/t14-,18-/m0/s1. The number of nitrogens with zero attached hydrogens (tertiary/aromatic N) is 4. The van der Waals surface area contributed by atoms with E-state index in [2.05, 4.69) is 22.3 Å². The molecule has 0 saturated heterocycles. The van der Waals surface area contributed by atoms with Crippen LogP contribution < -0.4 is 15.6 Å². The third-order valence-electron chi connectivity index (χ3n) is 5.64. The van der Waals surface area contributed by atoms with Crippen LogP contribution in [0.3, 0.4) is 0 Å². The van der Waals surface area contributed by atoms with E-state index in [0.717, 1.165) is 30.7 Å². The minimum Gasteiger partial charge on any atom is -0.497 e. The highest BCUT2D eigenvalue weighted by atomic mass is 16.5. The molecule has 152 valence electrons. The predicted molar refractivity (Wildman–Crippen MR) is 109 cm³/mol. The number of hydrogen-bond acceptors (Lipinski definition) is 5. The van der Waals surface area contributed by atoms with Gasteiger partial charge in [0, 0.05) is 6.04 Å². The van der Waals surface area contributed by atoms with Crippen LogP contribution in [0, 0.1) is 5.92 Å². The van der Waals surface area contributed by atoms with Crippen LogP contribution in [0.4, 0.5) is 0 Å². The minimum atomic E-state index is -0.276. The van der Waals surface area contributed by atoms with Crippen LogP contribution in [0.5, 0.6) is 5.75 Å². The summed E-state index contributed by atoms with van der Waals surface area (Å²) < 4.78 is 8.11. The molecule has 4 rings (SSSR count). The van der Waals surface area contributed by atoms with Crippen LogP contribution in [0.25, 0.3) is 16.7 Å². The Morgan fingerprint density at radius 1 is 1.24 bits per heavy atom. The van der Waals surface area contributed by atoms with E-state index in [4.69, 9.17) is 4.74 Å². The van der Waals surface area contributed by atoms with E-state index in [1.54, 1.807) is 11.8 Å². The van der Waals surface area contributed by atoms with Gasteiger partial charge in [0.05, 0.1) is 19.0 Å². The Morgan fingerprint density at radius 3 is 2.72 bits per heavy atom. The molecule has 2 heterocycles. The van der Waals surface area contributed by atoms with Crippen molar-refractivity contribution >= 4 is 16.9 Å². The molecule has 1 fully saturated rings. The number of nitrogens with one attached hydrogen (secondary N) is 1. The van der Waals surface area contributed by atoms with Gasteiger partial charge >= 0.3 is 0 Å². The van der Waals surface area contributed by atoms with Crippen LogP contribution in [0.2, 0.25) is 0 Å². The quantitative estimate of drug-likeness (QED) is 0.716. The summed E-state index contributed by atoms with van der Waals surface area (Å²) in [4.78, 5) is 29.7. The summed E-state index contributed by atoms with van der Waals surface area (Å²) in [5, 5.41) is 7.76. The van der Waals surface area contributed by atoms with Gasteiger partial charge in [-0.25, -0.2) is 9.67 Å². The third kappa shape index (κ3) is 3.87. The average Bonchev–Trinajstić information content (AvgIpc) is 3.17. The Balaban J connectivity index is 1.55. The van der Waals surface area contributed by atoms with Crippen molar-refractivity contribution in [2.75, 3.05) is 7.11 Å². The van der Waals surface area contributed by atoms with Gasteiger partial charge in [0.25, 0.3) is 5.56 Å². The fraction of sp³-hybridized carbons (Fsp3) is 0.429. The molecule has 8 heteroatoms. The third-order valence-corrected chi connectivity index (χ3v) is 5.64. The highest BCUT2D eigenvalue weighted by Gasteiger charge is 2.23. The van der Waals surface area contributed by atoms with Crippen molar-refractivity contribution < 1.29 is 9.53 Å². The van der Waals surface area contributed by atoms with E-state index in [1.807, 2.05) is 24.3 Å². The fourth-order valence-electron chi connectivity index (χ4n) is 3.91. The zero-order valence-corrected chi connectivity index (χ0v) is 16.7. The first kappa shape index (κ1) is 19.2. The monoisotopic (exact) mass is 395 g/mol. The summed E-state index contributed by atoms with van der Waals surface area (Å²) in [5.41, 5.74) is 0.953. The normalized spacial score (nSPS) is 19.2. The van der Waals surface area contributed by atoms with E-state index in [1.165, 1.54) is 23.5 Å². The Bertz CT molecular complexity index is 1070. The van der Waals surface area contributed by atoms with Crippen molar-refractivity contribution in [2.45, 2.75) is 45.2 Å². The van der Waals surface area contributed by atoms with Crippen molar-refractivity contribution in [3.8, 4) is 11.4 Å². The van der Waals surface area contributed by atoms with E-state index in [-0.39, 0.29) is 24.1 Å². The van der Waals surface area contributed by atoms with Gasteiger partial charge in [-0.05, 0) is 43.0 Å². The van der Waals surface area contributed by atoms with E-state index >= 15 is 0 Å². The largest absolute Gasteiger partial charge is 0.497 e. The highest BCUT2D eigenvalue weighted by Crippen LogP contribution is 2.23. The molecule has 29 heavy (non-hydrogen) atoms. The van der Waals surface area contributed by atoms with Crippen LogP contribution in [0.1, 0.15) is 32.6 Å². The summed E-state index contributed by atoms with van der Waals surface area (Å²) >= 11 is 0. The second-order valence-corrected chi connectivity index (χ2v) is 7.61. The molecular weight excluding hydrogens is 370 g/mol. The molecule has 2 atom stereocenters. The van der Waals surface area contributed by atoms with Crippen molar-refractivity contribution in [1.29, 1.82) is 0 Å². The van der Waals surface area contributed by atoms with E-state index in [0.29, 0.717) is 17.0 Å². The second-order valence-electron chi connectivity index (χ2n) is 7.61. The first-order valence-electron chi connectivity index (χ1n) is 9.94. The number of amides is 1. The van der Waals surface area contributed by atoms with Gasteiger partial charge in [0.2, 0.25) is 5.91 Å². The van der Waals surface area contributed by atoms with Crippen LogP contribution in [0.15, 0.2) is 41.6 Å². The Labute approximate surface area is 168 Å². The van der Waals surface area contributed by atoms with Gasteiger partial charge in [-0.2, -0.15) is 5.10 Å². The van der Waals surface area contributed by atoms with Crippen molar-refractivity contribution in [2.24, 2.45) is 5.92 Å². The lowest BCUT2D eigenvalue weighted by atomic mass is 9.86. The van der Waals surface area contributed by atoms with Gasteiger partial charge in [-0.15, -0.1) is 0 Å². The number of methoxy groups -OCH3 is 1. The zero-order chi connectivity index (χ0) is 20.4. The molecule has 0 unspecified atom stereocenters. The number of carbonyl (C=O) groups excluding carboxylic acids is 1. The fourth-order valence-corrected chi connectivity index (χ4v) is 3.91. The summed E-state index contributed by atoms with van der Waals surface area (Å²) in [6.07, 6.45) is 7.37. The molecule has 1 aromatic carbocycles. The minimum absolute atomic E-state index is 0.0429. The van der Waals surface area contributed by atoms with Gasteiger partial charge in [-0.3, -0.25) is 14.2 Å². The lowest BCUT2D eigenvalue weighted by Gasteiger charge is -2.29. The first-order valence-corrected chi connectivity index (χ1v) is 9.94. The number of rotatable bonds is 5. The molecule has 0 spiro atoms. The second kappa shape index (κ2) is 8.06. The maximum atomic E-state index is 12.8. The molecule has 1 aliphatic rings. The van der Waals surface area contributed by atoms with Crippen molar-refractivity contribution in [3.63, 3.8) is 0 Å². The number of hydrogen-bond donors (Lipinski definition) is 1. The average molecular weight is 395 g/mol. The number of carbonyl (C=O) groups is 1. The molecule has 0 aliphatic heterocycles. The Kier molecular flexibility index (Phi) is 5.33. The molecule has 0 radical (unpaired) electrons. The lowest BCUT2D eigenvalue weighted by molar-refractivity contribution is -0.123. The maximum Gasteiger partial charge on any atom is 0.264 e. The van der Waals surface area contributed by atoms with E-state index < -0.39 is 0 Å². The smallest absolute Gasteiger partial charge is 0.264 e. The summed E-state index contributed by atoms with van der Waals surface area (Å²) in [6, 6.07) is 7.51. The molecule has 3 aromatic rings. The lowest BCUT2D eigenvalue weighted by Crippen LogP contribution is -2.43. The topological polar surface area (TPSA) is 91.0 Å². The van der Waals surface area contributed by atoms with E-state index in [9.17, 15) is 9.59 Å². The number of ether oxygens (including phenoxy) is 1. The molecule has 8 nitrogen and oxygen atoms in total. The summed E-state index contributed by atoms with van der Waals surface area (Å²) in [7, 11) is 1.60. The zero-order valence-electron chi connectivity index (χ0n) is 16.7. The number of benzene rings is 1. The van der Waals surface area contributed by atoms with Crippen LogP contribution in [-0.4, -0.2) is 38.4 Å². The van der Waals surface area contributed by atoms with Crippen LogP contribution >= 0.6 is 0 Å². The molecule has 1 aliphatic carbocycles. The molecule has 1 amide bonds. The SMILES string of the molecule is COc1ccc(-n2ncc3c(=O)n(CC(=O)N[C@H]4CCCC[C@@H]4C)cnc32)cc1. The predicted octanol–water partition coefficient (Wildman–Crippen LogP) is 2.29. The molecular formula is C21H25N5O3. The Morgan fingerprint density at radius 2 is 2.00 bits per heavy atom. The summed E-state index contributed by atoms with van der Waals surface area (Å²) in [6.45, 7) is 2.12. The Hall–Kier alpha value is -3.16. The van der Waals surface area contributed by atoms with Gasteiger partial charge < -0.3 is 10.1 Å². The molecule has 0 bridgehead atoms. The van der Waals surface area contributed by atoms with Gasteiger partial charge in [0.15, 0.2) is 5.65 Å². The maximum absolute atomic E-state index is 12.8. The van der Waals surface area contributed by atoms with Gasteiger partial charge in [-0.1, -0.05) is 19.8 Å². The van der Waals surface area contributed by atoms with Gasteiger partial charge in [0.1, 0.15) is 24.0 Å². The number of fused-ring (bicyclic) bond motifs is 1. The van der Waals surface area contributed by atoms with Crippen molar-refractivity contribution in [1.82, 2.24) is 24.6 Å². The molecule has 1 saturated carbocycles. The number of aromatic nitrogens is 4. The molecule has 1 N–H and O–H groups in total. The van der Waals surface area contributed by atoms with Crippen LogP contribution in [-0.2, 0) is 11.3 Å².